The lowest BCUT2D eigenvalue weighted by Crippen LogP contribution is -2.47. The van der Waals surface area contributed by atoms with Crippen LogP contribution in [0.15, 0.2) is 30.3 Å². The fourth-order valence-electron chi connectivity index (χ4n) is 3.69. The van der Waals surface area contributed by atoms with Crippen LogP contribution >= 0.6 is 0 Å². The van der Waals surface area contributed by atoms with Gasteiger partial charge in [-0.15, -0.1) is 6.42 Å². The number of rotatable bonds is 5. The minimum absolute atomic E-state index is 0.0814. The molecule has 1 saturated heterocycles. The van der Waals surface area contributed by atoms with E-state index in [9.17, 15) is 4.79 Å². The number of amides is 1. The van der Waals surface area contributed by atoms with Crippen LogP contribution in [0.1, 0.15) is 32.1 Å². The van der Waals surface area contributed by atoms with Crippen molar-refractivity contribution in [1.29, 1.82) is 0 Å². The van der Waals surface area contributed by atoms with Gasteiger partial charge in [-0.05, 0) is 57.3 Å². The summed E-state index contributed by atoms with van der Waals surface area (Å²) in [5, 5.41) is 3.24. The van der Waals surface area contributed by atoms with Crippen LogP contribution in [0, 0.1) is 18.3 Å². The smallest absolute Gasteiger partial charge is 0.223 e. The minimum Gasteiger partial charge on any atom is -0.488 e. The highest BCUT2D eigenvalue weighted by Crippen LogP contribution is 2.26. The van der Waals surface area contributed by atoms with Crippen LogP contribution in [0.5, 0.6) is 5.75 Å². The molecule has 2 unspecified atom stereocenters. The Morgan fingerprint density at radius 3 is 2.67 bits per heavy atom. The predicted molar refractivity (Wildman–Crippen MR) is 94.6 cm³/mol. The van der Waals surface area contributed by atoms with E-state index in [0.717, 1.165) is 50.9 Å². The number of benzene rings is 1. The summed E-state index contributed by atoms with van der Waals surface area (Å²) in [5.41, 5.74) is 0. The summed E-state index contributed by atoms with van der Waals surface area (Å²) < 4.78 is 6.08. The number of para-hydroxylation sites is 1. The van der Waals surface area contributed by atoms with Gasteiger partial charge >= 0.3 is 0 Å². The molecule has 24 heavy (non-hydrogen) atoms. The maximum Gasteiger partial charge on any atom is 0.223 e. The van der Waals surface area contributed by atoms with Gasteiger partial charge in [0.15, 0.2) is 0 Å². The van der Waals surface area contributed by atoms with Crippen molar-refractivity contribution in [3.8, 4) is 18.1 Å². The fraction of sp³-hybridized carbons (Fsp3) is 0.550. The molecule has 2 fully saturated rings. The predicted octanol–water partition coefficient (Wildman–Crippen LogP) is 2.45. The number of nitrogens with zero attached hydrogens (tertiary/aromatic N) is 1. The topological polar surface area (TPSA) is 41.6 Å². The van der Waals surface area contributed by atoms with Crippen molar-refractivity contribution in [2.24, 2.45) is 5.92 Å². The van der Waals surface area contributed by atoms with E-state index in [-0.39, 0.29) is 24.0 Å². The third kappa shape index (κ3) is 4.30. The number of hydrogen-bond donors (Lipinski definition) is 1. The lowest BCUT2D eigenvalue weighted by Gasteiger charge is -2.31. The van der Waals surface area contributed by atoms with E-state index in [1.807, 2.05) is 30.3 Å². The summed E-state index contributed by atoms with van der Waals surface area (Å²) in [6.45, 7) is 2.51. The van der Waals surface area contributed by atoms with Gasteiger partial charge in [0.1, 0.15) is 11.9 Å². The summed E-state index contributed by atoms with van der Waals surface area (Å²) in [5.74, 6) is 3.85. The molecule has 3 rings (SSSR count). The van der Waals surface area contributed by atoms with Crippen molar-refractivity contribution in [2.45, 2.75) is 44.2 Å². The Labute approximate surface area is 144 Å². The molecule has 2 aliphatic rings. The molecule has 1 aliphatic carbocycles. The van der Waals surface area contributed by atoms with Gasteiger partial charge < -0.3 is 10.1 Å². The van der Waals surface area contributed by atoms with Crippen LogP contribution in [0.4, 0.5) is 0 Å². The molecule has 2 atom stereocenters. The Morgan fingerprint density at radius 1 is 1.21 bits per heavy atom. The lowest BCUT2D eigenvalue weighted by molar-refractivity contribution is -0.127. The van der Waals surface area contributed by atoms with Gasteiger partial charge in [0.05, 0.1) is 12.6 Å². The number of hydrogen-bond acceptors (Lipinski definition) is 3. The first-order valence-corrected chi connectivity index (χ1v) is 8.94. The molecule has 1 aliphatic heterocycles. The van der Waals surface area contributed by atoms with E-state index in [0.29, 0.717) is 6.54 Å². The molecule has 0 bridgehead atoms. The molecule has 1 saturated carbocycles. The summed E-state index contributed by atoms with van der Waals surface area (Å²) in [4.78, 5) is 14.8. The maximum atomic E-state index is 12.6. The van der Waals surface area contributed by atoms with Crippen molar-refractivity contribution in [3.63, 3.8) is 0 Å². The van der Waals surface area contributed by atoms with Crippen LogP contribution in [0.25, 0.3) is 0 Å². The average molecular weight is 326 g/mol. The molecule has 4 heteroatoms. The van der Waals surface area contributed by atoms with Crippen molar-refractivity contribution < 1.29 is 9.53 Å². The Morgan fingerprint density at radius 2 is 1.96 bits per heavy atom. The Bertz CT molecular complexity index is 573. The van der Waals surface area contributed by atoms with Gasteiger partial charge in [-0.3, -0.25) is 9.69 Å². The number of piperidine rings is 1. The van der Waals surface area contributed by atoms with Crippen molar-refractivity contribution in [1.82, 2.24) is 10.2 Å². The first-order valence-electron chi connectivity index (χ1n) is 8.94. The normalized spacial score (nSPS) is 25.1. The van der Waals surface area contributed by atoms with Crippen LogP contribution in [-0.4, -0.2) is 42.6 Å². The molecular formula is C20H26N2O2. The van der Waals surface area contributed by atoms with Gasteiger partial charge in [-0.2, -0.15) is 0 Å². The molecule has 1 aromatic carbocycles. The largest absolute Gasteiger partial charge is 0.488 e. The monoisotopic (exact) mass is 326 g/mol. The van der Waals surface area contributed by atoms with E-state index >= 15 is 0 Å². The van der Waals surface area contributed by atoms with Crippen LogP contribution < -0.4 is 10.1 Å². The van der Waals surface area contributed by atoms with Gasteiger partial charge in [-0.1, -0.05) is 24.1 Å². The van der Waals surface area contributed by atoms with Gasteiger partial charge in [0.25, 0.3) is 0 Å². The SMILES string of the molecule is C#CCN1CCC(C(=O)NC2CCCC2Oc2ccccc2)CC1. The molecular weight excluding hydrogens is 300 g/mol. The highest BCUT2D eigenvalue weighted by atomic mass is 16.5. The average Bonchev–Trinajstić information content (AvgIpc) is 3.03. The molecule has 128 valence electrons. The summed E-state index contributed by atoms with van der Waals surface area (Å²) in [6.07, 6.45) is 10.3. The molecule has 0 radical (unpaired) electrons. The molecule has 1 N–H and O–H groups in total. The van der Waals surface area contributed by atoms with E-state index < -0.39 is 0 Å². The molecule has 0 spiro atoms. The second-order valence-electron chi connectivity index (χ2n) is 6.77. The summed E-state index contributed by atoms with van der Waals surface area (Å²) >= 11 is 0. The van der Waals surface area contributed by atoms with Crippen LogP contribution in [0.2, 0.25) is 0 Å². The van der Waals surface area contributed by atoms with E-state index in [2.05, 4.69) is 16.1 Å². The standard InChI is InChI=1S/C20H26N2O2/c1-2-13-22-14-11-16(12-15-22)20(23)21-18-9-6-10-19(18)24-17-7-4-3-5-8-17/h1,3-5,7-8,16,18-19H,6,9-15H2,(H,21,23). The highest BCUT2D eigenvalue weighted by molar-refractivity contribution is 5.79. The quantitative estimate of drug-likeness (QED) is 0.845. The molecule has 0 aromatic heterocycles. The van der Waals surface area contributed by atoms with Crippen LogP contribution in [-0.2, 0) is 4.79 Å². The van der Waals surface area contributed by atoms with Gasteiger partial charge in [0.2, 0.25) is 5.91 Å². The Kier molecular flexibility index (Phi) is 5.77. The maximum absolute atomic E-state index is 12.6. The van der Waals surface area contributed by atoms with Crippen molar-refractivity contribution in [2.75, 3.05) is 19.6 Å². The van der Waals surface area contributed by atoms with Crippen molar-refractivity contribution in [3.05, 3.63) is 30.3 Å². The number of ether oxygens (including phenoxy) is 1. The first-order chi connectivity index (χ1) is 11.8. The van der Waals surface area contributed by atoms with Crippen molar-refractivity contribution >= 4 is 5.91 Å². The number of likely N-dealkylation sites (tertiary alicyclic amines) is 1. The zero-order valence-electron chi connectivity index (χ0n) is 14.1. The summed E-state index contributed by atoms with van der Waals surface area (Å²) in [6, 6.07) is 10.00. The van der Waals surface area contributed by atoms with E-state index in [1.165, 1.54) is 0 Å². The Hall–Kier alpha value is -1.99. The second-order valence-corrected chi connectivity index (χ2v) is 6.77. The third-order valence-corrected chi connectivity index (χ3v) is 5.08. The number of terminal acetylenes is 1. The van der Waals surface area contributed by atoms with Gasteiger partial charge in [0, 0.05) is 5.92 Å². The van der Waals surface area contributed by atoms with E-state index in [1.54, 1.807) is 0 Å². The highest BCUT2D eigenvalue weighted by Gasteiger charge is 2.33. The molecule has 1 heterocycles. The van der Waals surface area contributed by atoms with Crippen LogP contribution in [0.3, 0.4) is 0 Å². The number of carbonyl (C=O) groups excluding carboxylic acids is 1. The molecule has 1 amide bonds. The summed E-state index contributed by atoms with van der Waals surface area (Å²) in [7, 11) is 0. The molecule has 4 nitrogen and oxygen atoms in total. The Balaban J connectivity index is 1.49. The fourth-order valence-corrected chi connectivity index (χ4v) is 3.69. The number of nitrogens with one attached hydrogen (secondary N) is 1. The number of carbonyl (C=O) groups is 1. The first kappa shape index (κ1) is 16.9. The zero-order chi connectivity index (χ0) is 16.8. The van der Waals surface area contributed by atoms with E-state index in [4.69, 9.17) is 11.2 Å². The minimum atomic E-state index is 0.0814. The molecule has 1 aromatic rings. The van der Waals surface area contributed by atoms with Gasteiger partial charge in [-0.25, -0.2) is 0 Å². The second kappa shape index (κ2) is 8.21. The third-order valence-electron chi connectivity index (χ3n) is 5.08. The lowest BCUT2D eigenvalue weighted by atomic mass is 9.95. The zero-order valence-corrected chi connectivity index (χ0v) is 14.1.